The van der Waals surface area contributed by atoms with Crippen molar-refractivity contribution in [3.8, 4) is 0 Å². The third-order valence-electron chi connectivity index (χ3n) is 3.81. The molecule has 1 aliphatic rings. The summed E-state index contributed by atoms with van der Waals surface area (Å²) < 4.78 is 4.74. The van der Waals surface area contributed by atoms with E-state index in [1.165, 1.54) is 18.9 Å². The van der Waals surface area contributed by atoms with Crippen LogP contribution in [0.1, 0.15) is 87.5 Å². The minimum Gasteiger partial charge on any atom is -0.469 e. The van der Waals surface area contributed by atoms with Crippen LogP contribution in [0.5, 0.6) is 0 Å². The number of esters is 1. The van der Waals surface area contributed by atoms with Gasteiger partial charge in [0, 0.05) is 19.9 Å². The standard InChI is InChI=1S/C14H23NO4.C2H6S.3C2H6/c1-4-13(17)15(10(2)16)9-11-5-7-12(8-6-11)14(18)19-3;1-3-2;3*1-2/h11-12H,4-9H2,1-3H3;1-2H3;3*1-2H3. The number of nitrogens with zero attached hydrogens (tertiary/aromatic N) is 1. The fourth-order valence-electron chi connectivity index (χ4n) is 2.60. The quantitative estimate of drug-likeness (QED) is 0.536. The molecule has 0 aromatic rings. The van der Waals surface area contributed by atoms with Crippen LogP contribution in [-0.2, 0) is 19.1 Å². The molecule has 1 rings (SSSR count). The Bertz CT molecular complexity index is 368. The van der Waals surface area contributed by atoms with E-state index in [9.17, 15) is 14.4 Å². The Morgan fingerprint density at radius 1 is 0.929 bits per heavy atom. The van der Waals surface area contributed by atoms with E-state index in [1.807, 2.05) is 54.1 Å². The average molecular weight is 422 g/mol. The van der Waals surface area contributed by atoms with Gasteiger partial charge in [-0.05, 0) is 44.1 Å². The summed E-state index contributed by atoms with van der Waals surface area (Å²) >= 11 is 1.75. The number of hydrogen-bond donors (Lipinski definition) is 0. The number of thioether (sulfide) groups is 1. The fourth-order valence-corrected chi connectivity index (χ4v) is 2.60. The smallest absolute Gasteiger partial charge is 0.308 e. The highest BCUT2D eigenvalue weighted by molar-refractivity contribution is 7.97. The molecule has 0 bridgehead atoms. The highest BCUT2D eigenvalue weighted by Crippen LogP contribution is 2.30. The van der Waals surface area contributed by atoms with Crippen LogP contribution in [0.25, 0.3) is 0 Å². The lowest BCUT2D eigenvalue weighted by Crippen LogP contribution is -2.39. The third kappa shape index (κ3) is 17.1. The summed E-state index contributed by atoms with van der Waals surface area (Å²) in [6.45, 7) is 15.7. The van der Waals surface area contributed by atoms with Crippen LogP contribution in [-0.4, -0.2) is 48.8 Å². The third-order valence-corrected chi connectivity index (χ3v) is 3.81. The largest absolute Gasteiger partial charge is 0.469 e. The van der Waals surface area contributed by atoms with Crippen molar-refractivity contribution in [3.63, 3.8) is 0 Å². The maximum Gasteiger partial charge on any atom is 0.308 e. The van der Waals surface area contributed by atoms with E-state index in [0.717, 1.165) is 25.7 Å². The molecule has 0 aliphatic heterocycles. The van der Waals surface area contributed by atoms with Crippen LogP contribution in [0.2, 0.25) is 0 Å². The van der Waals surface area contributed by atoms with E-state index in [1.54, 1.807) is 18.7 Å². The number of ether oxygens (including phenoxy) is 1. The van der Waals surface area contributed by atoms with Gasteiger partial charge in [0.2, 0.25) is 11.8 Å². The molecule has 1 aliphatic carbocycles. The lowest BCUT2D eigenvalue weighted by atomic mass is 9.81. The Kier molecular flexibility index (Phi) is 32.0. The van der Waals surface area contributed by atoms with Crippen LogP contribution in [0.15, 0.2) is 0 Å². The Labute approximate surface area is 179 Å². The van der Waals surface area contributed by atoms with E-state index in [4.69, 9.17) is 4.74 Å². The first-order chi connectivity index (χ1) is 13.4. The number of carbonyl (C=O) groups is 3. The van der Waals surface area contributed by atoms with E-state index in [2.05, 4.69) is 0 Å². The van der Waals surface area contributed by atoms with Crippen molar-refractivity contribution < 1.29 is 19.1 Å². The monoisotopic (exact) mass is 421 g/mol. The molecule has 6 heteroatoms. The molecule has 0 aromatic heterocycles. The van der Waals surface area contributed by atoms with E-state index in [0.29, 0.717) is 18.9 Å². The number of hydrogen-bond acceptors (Lipinski definition) is 5. The van der Waals surface area contributed by atoms with E-state index >= 15 is 0 Å². The Balaban J connectivity index is -0.000000277. The Morgan fingerprint density at radius 2 is 1.32 bits per heavy atom. The summed E-state index contributed by atoms with van der Waals surface area (Å²) in [5.41, 5.74) is 0. The lowest BCUT2D eigenvalue weighted by Gasteiger charge is -2.30. The summed E-state index contributed by atoms with van der Waals surface area (Å²) in [4.78, 5) is 35.9. The molecule has 0 saturated heterocycles. The van der Waals surface area contributed by atoms with Crippen LogP contribution >= 0.6 is 11.8 Å². The molecular formula is C22H47NO4S. The Morgan fingerprint density at radius 3 is 1.61 bits per heavy atom. The molecule has 1 saturated carbocycles. The van der Waals surface area contributed by atoms with Crippen molar-refractivity contribution >= 4 is 29.5 Å². The van der Waals surface area contributed by atoms with Gasteiger partial charge in [-0.2, -0.15) is 11.8 Å². The summed E-state index contributed by atoms with van der Waals surface area (Å²) in [7, 11) is 1.41. The lowest BCUT2D eigenvalue weighted by molar-refractivity contribution is -0.148. The highest BCUT2D eigenvalue weighted by atomic mass is 32.2. The summed E-state index contributed by atoms with van der Waals surface area (Å²) in [5, 5.41) is 0. The summed E-state index contributed by atoms with van der Waals surface area (Å²) in [5.74, 6) is -0.176. The minimum atomic E-state index is -0.193. The molecule has 0 spiro atoms. The summed E-state index contributed by atoms with van der Waals surface area (Å²) in [6, 6.07) is 0. The first-order valence-electron chi connectivity index (χ1n) is 10.7. The van der Waals surface area contributed by atoms with Crippen molar-refractivity contribution in [2.24, 2.45) is 11.8 Å². The zero-order valence-electron chi connectivity index (χ0n) is 20.4. The molecule has 0 unspecified atom stereocenters. The molecular weight excluding hydrogens is 374 g/mol. The van der Waals surface area contributed by atoms with Gasteiger partial charge < -0.3 is 4.74 Å². The normalized spacial score (nSPS) is 16.7. The second-order valence-corrected chi connectivity index (χ2v) is 6.34. The van der Waals surface area contributed by atoms with Crippen molar-refractivity contribution in [2.45, 2.75) is 87.5 Å². The zero-order valence-corrected chi connectivity index (χ0v) is 21.2. The zero-order chi connectivity index (χ0) is 23.1. The first kappa shape index (κ1) is 34.5. The van der Waals surface area contributed by atoms with Gasteiger partial charge in [0.25, 0.3) is 0 Å². The van der Waals surface area contributed by atoms with Gasteiger partial charge in [0.1, 0.15) is 0 Å². The number of methoxy groups -OCH3 is 1. The predicted molar refractivity (Wildman–Crippen MR) is 124 cm³/mol. The average Bonchev–Trinajstić information content (AvgIpc) is 2.76. The van der Waals surface area contributed by atoms with Crippen LogP contribution in [0.3, 0.4) is 0 Å². The topological polar surface area (TPSA) is 63.7 Å². The molecule has 5 nitrogen and oxygen atoms in total. The minimum absolute atomic E-state index is 0.0195. The van der Waals surface area contributed by atoms with Gasteiger partial charge in [-0.3, -0.25) is 19.3 Å². The molecule has 2 amide bonds. The van der Waals surface area contributed by atoms with Crippen molar-refractivity contribution in [1.82, 2.24) is 4.90 Å². The van der Waals surface area contributed by atoms with Gasteiger partial charge in [-0.1, -0.05) is 48.5 Å². The highest BCUT2D eigenvalue weighted by Gasteiger charge is 2.29. The summed E-state index contributed by atoms with van der Waals surface area (Å²) in [6.07, 6.45) is 7.71. The Hall–Kier alpha value is -1.04. The molecule has 0 N–H and O–H groups in total. The van der Waals surface area contributed by atoms with Gasteiger partial charge >= 0.3 is 5.97 Å². The molecule has 1 fully saturated rings. The van der Waals surface area contributed by atoms with Crippen molar-refractivity contribution in [2.75, 3.05) is 26.2 Å². The number of imide groups is 1. The van der Waals surface area contributed by atoms with Crippen LogP contribution < -0.4 is 0 Å². The van der Waals surface area contributed by atoms with Gasteiger partial charge in [-0.25, -0.2) is 0 Å². The van der Waals surface area contributed by atoms with Gasteiger partial charge in [0.05, 0.1) is 13.0 Å². The number of rotatable bonds is 4. The van der Waals surface area contributed by atoms with Crippen molar-refractivity contribution in [3.05, 3.63) is 0 Å². The SMILES string of the molecule is CC.CC.CC.CCC(=O)N(CC1CCC(C(=O)OC)CC1)C(C)=O.CSC. The van der Waals surface area contributed by atoms with Crippen LogP contribution in [0, 0.1) is 11.8 Å². The van der Waals surface area contributed by atoms with E-state index in [-0.39, 0.29) is 23.7 Å². The number of amides is 2. The number of carbonyl (C=O) groups excluding carboxylic acids is 3. The molecule has 0 radical (unpaired) electrons. The molecule has 0 atom stereocenters. The van der Waals surface area contributed by atoms with Gasteiger partial charge in [-0.15, -0.1) is 0 Å². The maximum atomic E-state index is 11.7. The first-order valence-corrected chi connectivity index (χ1v) is 12.3. The van der Waals surface area contributed by atoms with Crippen LogP contribution in [0.4, 0.5) is 0 Å². The van der Waals surface area contributed by atoms with E-state index < -0.39 is 0 Å². The second kappa shape index (κ2) is 26.0. The predicted octanol–water partition coefficient (Wildman–Crippen LogP) is 5.81. The maximum absolute atomic E-state index is 11.7. The molecule has 0 heterocycles. The molecule has 28 heavy (non-hydrogen) atoms. The second-order valence-electron chi connectivity index (χ2n) is 5.53. The van der Waals surface area contributed by atoms with Crippen molar-refractivity contribution in [1.29, 1.82) is 0 Å². The molecule has 170 valence electrons. The van der Waals surface area contributed by atoms with Gasteiger partial charge in [0.15, 0.2) is 0 Å². The fraction of sp³-hybridized carbons (Fsp3) is 0.864. The molecule has 0 aromatic carbocycles.